The van der Waals surface area contributed by atoms with Crippen molar-refractivity contribution >= 4 is 0 Å². The molecule has 1 N–H and O–H groups in total. The summed E-state index contributed by atoms with van der Waals surface area (Å²) in [5.74, 6) is 1.76. The third kappa shape index (κ3) is 4.23. The van der Waals surface area contributed by atoms with Crippen molar-refractivity contribution < 1.29 is 4.74 Å². The Kier molecular flexibility index (Phi) is 5.32. The SMILES string of the molecule is COc1ccc(C)cc1CNC1CCCCC1C(C)(C)C. The zero-order valence-electron chi connectivity index (χ0n) is 14.3. The first-order valence-electron chi connectivity index (χ1n) is 8.28. The average Bonchev–Trinajstić information content (AvgIpc) is 2.44. The monoisotopic (exact) mass is 289 g/mol. The molecule has 118 valence electrons. The summed E-state index contributed by atoms with van der Waals surface area (Å²) in [5.41, 5.74) is 2.95. The van der Waals surface area contributed by atoms with Gasteiger partial charge in [0, 0.05) is 18.2 Å². The van der Waals surface area contributed by atoms with E-state index >= 15 is 0 Å². The highest BCUT2D eigenvalue weighted by Crippen LogP contribution is 2.38. The molecular weight excluding hydrogens is 258 g/mol. The lowest BCUT2D eigenvalue weighted by Gasteiger charge is -2.41. The third-order valence-electron chi connectivity index (χ3n) is 4.87. The first-order chi connectivity index (χ1) is 9.91. The number of aryl methyl sites for hydroxylation is 1. The number of methoxy groups -OCH3 is 1. The summed E-state index contributed by atoms with van der Waals surface area (Å²) in [7, 11) is 1.76. The third-order valence-corrected chi connectivity index (χ3v) is 4.87. The van der Waals surface area contributed by atoms with Crippen molar-refractivity contribution in [2.45, 2.75) is 66.0 Å². The van der Waals surface area contributed by atoms with Crippen LogP contribution in [-0.2, 0) is 6.54 Å². The van der Waals surface area contributed by atoms with E-state index < -0.39 is 0 Å². The first-order valence-corrected chi connectivity index (χ1v) is 8.28. The molecule has 0 aliphatic heterocycles. The van der Waals surface area contributed by atoms with Crippen LogP contribution in [0.4, 0.5) is 0 Å². The second-order valence-corrected chi connectivity index (χ2v) is 7.56. The number of rotatable bonds is 4. The lowest BCUT2D eigenvalue weighted by molar-refractivity contribution is 0.130. The van der Waals surface area contributed by atoms with Crippen molar-refractivity contribution in [1.29, 1.82) is 0 Å². The molecular formula is C19H31NO. The van der Waals surface area contributed by atoms with Crippen LogP contribution in [0.2, 0.25) is 0 Å². The van der Waals surface area contributed by atoms with Crippen molar-refractivity contribution in [3.63, 3.8) is 0 Å². The Morgan fingerprint density at radius 1 is 1.19 bits per heavy atom. The van der Waals surface area contributed by atoms with Crippen LogP contribution in [0.3, 0.4) is 0 Å². The smallest absolute Gasteiger partial charge is 0.123 e. The summed E-state index contributed by atoms with van der Waals surface area (Å²) < 4.78 is 5.49. The van der Waals surface area contributed by atoms with Gasteiger partial charge in [-0.3, -0.25) is 0 Å². The Labute approximate surface area is 130 Å². The number of ether oxygens (including phenoxy) is 1. The number of nitrogens with one attached hydrogen (secondary N) is 1. The minimum absolute atomic E-state index is 0.384. The maximum atomic E-state index is 5.49. The van der Waals surface area contributed by atoms with Gasteiger partial charge in [-0.05, 0) is 37.2 Å². The van der Waals surface area contributed by atoms with Gasteiger partial charge in [-0.15, -0.1) is 0 Å². The second-order valence-electron chi connectivity index (χ2n) is 7.56. The van der Waals surface area contributed by atoms with Crippen LogP contribution in [0, 0.1) is 18.3 Å². The summed E-state index contributed by atoms with van der Waals surface area (Å²) in [6.07, 6.45) is 5.39. The van der Waals surface area contributed by atoms with E-state index in [4.69, 9.17) is 4.74 Å². The summed E-state index contributed by atoms with van der Waals surface area (Å²) in [6, 6.07) is 7.06. The normalized spacial score (nSPS) is 23.1. The summed E-state index contributed by atoms with van der Waals surface area (Å²) >= 11 is 0. The molecule has 2 rings (SSSR count). The van der Waals surface area contributed by atoms with E-state index in [1.165, 1.54) is 36.8 Å². The van der Waals surface area contributed by atoms with Crippen molar-refractivity contribution in [2.24, 2.45) is 11.3 Å². The second kappa shape index (κ2) is 6.83. The molecule has 0 spiro atoms. The Balaban J connectivity index is 2.05. The highest BCUT2D eigenvalue weighted by Gasteiger charge is 2.33. The van der Waals surface area contributed by atoms with Gasteiger partial charge in [0.15, 0.2) is 0 Å². The Bertz CT molecular complexity index is 461. The van der Waals surface area contributed by atoms with E-state index in [0.717, 1.165) is 18.2 Å². The van der Waals surface area contributed by atoms with Crippen LogP contribution in [0.15, 0.2) is 18.2 Å². The van der Waals surface area contributed by atoms with Crippen molar-refractivity contribution in [3.05, 3.63) is 29.3 Å². The minimum Gasteiger partial charge on any atom is -0.496 e. The Morgan fingerprint density at radius 3 is 2.57 bits per heavy atom. The van der Waals surface area contributed by atoms with E-state index in [2.05, 4.69) is 51.2 Å². The fourth-order valence-electron chi connectivity index (χ4n) is 3.70. The van der Waals surface area contributed by atoms with Crippen molar-refractivity contribution in [1.82, 2.24) is 5.32 Å². The molecule has 0 aromatic heterocycles. The highest BCUT2D eigenvalue weighted by atomic mass is 16.5. The summed E-state index contributed by atoms with van der Waals surface area (Å²) in [5, 5.41) is 3.82. The molecule has 0 heterocycles. The molecule has 0 bridgehead atoms. The molecule has 1 saturated carbocycles. The van der Waals surface area contributed by atoms with E-state index in [9.17, 15) is 0 Å². The van der Waals surface area contributed by atoms with Crippen LogP contribution in [-0.4, -0.2) is 13.2 Å². The minimum atomic E-state index is 0.384. The summed E-state index contributed by atoms with van der Waals surface area (Å²) in [6.45, 7) is 10.2. The largest absolute Gasteiger partial charge is 0.496 e. The lowest BCUT2D eigenvalue weighted by atomic mass is 9.69. The molecule has 1 aromatic carbocycles. The molecule has 2 atom stereocenters. The fourth-order valence-corrected chi connectivity index (χ4v) is 3.70. The first kappa shape index (κ1) is 16.4. The van der Waals surface area contributed by atoms with Crippen LogP contribution in [0.5, 0.6) is 5.75 Å². The van der Waals surface area contributed by atoms with E-state index in [0.29, 0.717) is 11.5 Å². The number of benzene rings is 1. The average molecular weight is 289 g/mol. The zero-order chi connectivity index (χ0) is 15.5. The number of hydrogen-bond acceptors (Lipinski definition) is 2. The molecule has 0 saturated heterocycles. The molecule has 1 fully saturated rings. The molecule has 2 heteroatoms. The Hall–Kier alpha value is -1.02. The van der Waals surface area contributed by atoms with E-state index in [1.54, 1.807) is 7.11 Å². The van der Waals surface area contributed by atoms with Gasteiger partial charge >= 0.3 is 0 Å². The quantitative estimate of drug-likeness (QED) is 0.867. The van der Waals surface area contributed by atoms with Gasteiger partial charge in [-0.2, -0.15) is 0 Å². The van der Waals surface area contributed by atoms with Gasteiger partial charge in [0.25, 0.3) is 0 Å². The maximum Gasteiger partial charge on any atom is 0.123 e. The maximum absolute atomic E-state index is 5.49. The van der Waals surface area contributed by atoms with Crippen molar-refractivity contribution in [3.8, 4) is 5.75 Å². The fraction of sp³-hybridized carbons (Fsp3) is 0.684. The molecule has 1 aliphatic carbocycles. The van der Waals surface area contributed by atoms with Gasteiger partial charge in [0.05, 0.1) is 7.11 Å². The predicted octanol–water partition coefficient (Wildman–Crippen LogP) is 4.70. The van der Waals surface area contributed by atoms with Crippen LogP contribution in [0.25, 0.3) is 0 Å². The Morgan fingerprint density at radius 2 is 1.90 bits per heavy atom. The highest BCUT2D eigenvalue weighted by molar-refractivity contribution is 5.36. The van der Waals surface area contributed by atoms with Crippen LogP contribution in [0.1, 0.15) is 57.6 Å². The van der Waals surface area contributed by atoms with Crippen LogP contribution >= 0.6 is 0 Å². The van der Waals surface area contributed by atoms with E-state index in [-0.39, 0.29) is 0 Å². The predicted molar refractivity (Wildman–Crippen MR) is 89.8 cm³/mol. The lowest BCUT2D eigenvalue weighted by Crippen LogP contribution is -2.43. The molecule has 2 nitrogen and oxygen atoms in total. The number of hydrogen-bond donors (Lipinski definition) is 1. The summed E-state index contributed by atoms with van der Waals surface area (Å²) in [4.78, 5) is 0. The van der Waals surface area contributed by atoms with E-state index in [1.807, 2.05) is 0 Å². The zero-order valence-corrected chi connectivity index (χ0v) is 14.3. The van der Waals surface area contributed by atoms with Gasteiger partial charge < -0.3 is 10.1 Å². The van der Waals surface area contributed by atoms with Gasteiger partial charge in [0.2, 0.25) is 0 Å². The molecule has 1 aliphatic rings. The molecule has 0 amide bonds. The van der Waals surface area contributed by atoms with Crippen molar-refractivity contribution in [2.75, 3.05) is 7.11 Å². The van der Waals surface area contributed by atoms with Gasteiger partial charge in [-0.25, -0.2) is 0 Å². The van der Waals surface area contributed by atoms with Crippen LogP contribution < -0.4 is 10.1 Å². The molecule has 2 unspecified atom stereocenters. The van der Waals surface area contributed by atoms with Gasteiger partial charge in [0.1, 0.15) is 5.75 Å². The topological polar surface area (TPSA) is 21.3 Å². The standard InChI is InChI=1S/C19H31NO/c1-14-10-11-18(21-5)15(12-14)13-20-17-9-7-6-8-16(17)19(2,3)4/h10-12,16-17,20H,6-9,13H2,1-5H3. The molecule has 1 aromatic rings. The van der Waals surface area contributed by atoms with Gasteiger partial charge in [-0.1, -0.05) is 51.3 Å². The molecule has 0 radical (unpaired) electrons. The molecule has 21 heavy (non-hydrogen) atoms.